The van der Waals surface area contributed by atoms with E-state index >= 15 is 0 Å². The molecule has 0 unspecified atom stereocenters. The van der Waals surface area contributed by atoms with Gasteiger partial charge < -0.3 is 5.32 Å². The summed E-state index contributed by atoms with van der Waals surface area (Å²) in [5.41, 5.74) is 1.21. The molecule has 1 N–H and O–H groups in total. The summed E-state index contributed by atoms with van der Waals surface area (Å²) in [6.07, 6.45) is 3.96. The highest BCUT2D eigenvalue weighted by Gasteiger charge is 1.99. The number of nitrogens with zero attached hydrogens (tertiary/aromatic N) is 2. The maximum absolute atomic E-state index is 5.86. The van der Waals surface area contributed by atoms with E-state index < -0.39 is 0 Å². The number of aryl methyl sites for hydroxylation is 1. The Morgan fingerprint density at radius 2 is 2.31 bits per heavy atom. The quantitative estimate of drug-likeness (QED) is 0.890. The zero-order chi connectivity index (χ0) is 11.4. The van der Waals surface area contributed by atoms with Crippen molar-refractivity contribution < 1.29 is 0 Å². The van der Waals surface area contributed by atoms with Crippen LogP contribution in [0, 0.1) is 0 Å². The Kier molecular flexibility index (Phi) is 3.98. The van der Waals surface area contributed by atoms with E-state index in [4.69, 9.17) is 11.6 Å². The normalized spacial score (nSPS) is 10.9. The number of nitrogens with one attached hydrogen (secondary N) is 1. The van der Waals surface area contributed by atoms with Crippen LogP contribution in [0.15, 0.2) is 24.5 Å². The highest BCUT2D eigenvalue weighted by molar-refractivity contribution is 7.16. The number of rotatable bonds is 5. The van der Waals surface area contributed by atoms with Crippen molar-refractivity contribution in [2.75, 3.05) is 0 Å². The molecule has 0 atom stereocenters. The molecule has 0 saturated heterocycles. The Balaban J connectivity index is 1.79. The van der Waals surface area contributed by atoms with Crippen molar-refractivity contribution in [2.45, 2.75) is 26.6 Å². The second kappa shape index (κ2) is 5.48. The van der Waals surface area contributed by atoms with Gasteiger partial charge in [0.2, 0.25) is 0 Å². The first kappa shape index (κ1) is 11.6. The molecule has 2 heterocycles. The number of hydrogen-bond acceptors (Lipinski definition) is 3. The second-order valence-electron chi connectivity index (χ2n) is 3.51. The maximum Gasteiger partial charge on any atom is 0.0931 e. The Labute approximate surface area is 104 Å². The molecule has 16 heavy (non-hydrogen) atoms. The lowest BCUT2D eigenvalue weighted by Gasteiger charge is -1.99. The van der Waals surface area contributed by atoms with Crippen LogP contribution in [0.2, 0.25) is 4.34 Å². The molecule has 0 saturated carbocycles. The average molecular weight is 256 g/mol. The van der Waals surface area contributed by atoms with Gasteiger partial charge in [-0.15, -0.1) is 11.3 Å². The summed E-state index contributed by atoms with van der Waals surface area (Å²) in [5, 5.41) is 7.59. The Hall–Kier alpha value is -0.840. The van der Waals surface area contributed by atoms with Gasteiger partial charge in [0.15, 0.2) is 0 Å². The fourth-order valence-electron chi connectivity index (χ4n) is 1.45. The molecule has 0 fully saturated rings. The van der Waals surface area contributed by atoms with E-state index in [1.54, 1.807) is 11.3 Å². The first-order valence-electron chi connectivity index (χ1n) is 5.24. The van der Waals surface area contributed by atoms with Gasteiger partial charge in [0.1, 0.15) is 0 Å². The van der Waals surface area contributed by atoms with Gasteiger partial charge in [-0.3, -0.25) is 4.68 Å². The van der Waals surface area contributed by atoms with Crippen LogP contribution < -0.4 is 5.32 Å². The molecule has 2 rings (SSSR count). The molecule has 0 aliphatic carbocycles. The molecule has 0 aliphatic rings. The van der Waals surface area contributed by atoms with E-state index in [0.717, 1.165) is 24.0 Å². The topological polar surface area (TPSA) is 29.9 Å². The zero-order valence-corrected chi connectivity index (χ0v) is 10.7. The van der Waals surface area contributed by atoms with Crippen LogP contribution in [-0.2, 0) is 19.6 Å². The molecule has 5 heteroatoms. The monoisotopic (exact) mass is 255 g/mol. The van der Waals surface area contributed by atoms with Gasteiger partial charge in [0, 0.05) is 36.3 Å². The van der Waals surface area contributed by atoms with Crippen LogP contribution in [0.3, 0.4) is 0 Å². The minimum Gasteiger partial charge on any atom is -0.308 e. The van der Waals surface area contributed by atoms with Gasteiger partial charge in [-0.25, -0.2) is 0 Å². The smallest absolute Gasteiger partial charge is 0.0931 e. The summed E-state index contributed by atoms with van der Waals surface area (Å²) >= 11 is 7.47. The standard InChI is InChI=1S/C11H14ClN3S/c1-2-15-8-9(6-14-15)5-13-7-10-3-4-11(12)16-10/h3-4,6,8,13H,2,5,7H2,1H3. The summed E-state index contributed by atoms with van der Waals surface area (Å²) in [5.74, 6) is 0. The average Bonchev–Trinajstić information content (AvgIpc) is 2.88. The lowest BCUT2D eigenvalue weighted by Crippen LogP contribution is -2.11. The summed E-state index contributed by atoms with van der Waals surface area (Å²) in [7, 11) is 0. The molecule has 0 amide bonds. The predicted octanol–water partition coefficient (Wildman–Crippen LogP) is 2.91. The van der Waals surface area contributed by atoms with Crippen LogP contribution >= 0.6 is 22.9 Å². The van der Waals surface area contributed by atoms with Gasteiger partial charge in [0.25, 0.3) is 0 Å². The first-order chi connectivity index (χ1) is 7.78. The lowest BCUT2D eigenvalue weighted by atomic mass is 10.3. The van der Waals surface area contributed by atoms with Gasteiger partial charge in [-0.05, 0) is 19.1 Å². The van der Waals surface area contributed by atoms with Crippen molar-refractivity contribution in [3.63, 3.8) is 0 Å². The Morgan fingerprint density at radius 3 is 2.94 bits per heavy atom. The number of thiophene rings is 1. The lowest BCUT2D eigenvalue weighted by molar-refractivity contribution is 0.656. The van der Waals surface area contributed by atoms with E-state index in [9.17, 15) is 0 Å². The van der Waals surface area contributed by atoms with Gasteiger partial charge >= 0.3 is 0 Å². The number of halogens is 1. The molecular formula is C11H14ClN3S. The molecule has 0 spiro atoms. The molecule has 2 aromatic rings. The molecular weight excluding hydrogens is 242 g/mol. The van der Waals surface area contributed by atoms with Crippen molar-refractivity contribution in [1.29, 1.82) is 0 Å². The zero-order valence-electron chi connectivity index (χ0n) is 9.11. The van der Waals surface area contributed by atoms with Crippen molar-refractivity contribution in [3.05, 3.63) is 39.3 Å². The van der Waals surface area contributed by atoms with Gasteiger partial charge in [-0.2, -0.15) is 5.10 Å². The minimum absolute atomic E-state index is 0.843. The summed E-state index contributed by atoms with van der Waals surface area (Å²) in [4.78, 5) is 1.26. The molecule has 2 aromatic heterocycles. The third kappa shape index (κ3) is 3.07. The van der Waals surface area contributed by atoms with E-state index in [0.29, 0.717) is 0 Å². The SMILES string of the molecule is CCn1cc(CNCc2ccc(Cl)s2)cn1. The predicted molar refractivity (Wildman–Crippen MR) is 67.8 cm³/mol. The molecule has 0 bridgehead atoms. The van der Waals surface area contributed by atoms with Crippen molar-refractivity contribution in [2.24, 2.45) is 0 Å². The second-order valence-corrected chi connectivity index (χ2v) is 5.31. The highest BCUT2D eigenvalue weighted by atomic mass is 35.5. The van der Waals surface area contributed by atoms with E-state index in [1.165, 1.54) is 10.4 Å². The van der Waals surface area contributed by atoms with Crippen LogP contribution in [0.25, 0.3) is 0 Å². The molecule has 0 radical (unpaired) electrons. The molecule has 3 nitrogen and oxygen atoms in total. The van der Waals surface area contributed by atoms with Crippen molar-refractivity contribution >= 4 is 22.9 Å². The summed E-state index contributed by atoms with van der Waals surface area (Å²) < 4.78 is 2.77. The van der Waals surface area contributed by atoms with Crippen LogP contribution in [0.5, 0.6) is 0 Å². The van der Waals surface area contributed by atoms with Crippen LogP contribution in [0.4, 0.5) is 0 Å². The largest absolute Gasteiger partial charge is 0.308 e. The highest BCUT2D eigenvalue weighted by Crippen LogP contribution is 2.21. The third-order valence-corrected chi connectivity index (χ3v) is 3.50. The fourth-order valence-corrected chi connectivity index (χ4v) is 2.50. The van der Waals surface area contributed by atoms with Crippen LogP contribution in [-0.4, -0.2) is 9.78 Å². The van der Waals surface area contributed by atoms with Gasteiger partial charge in [0.05, 0.1) is 10.5 Å². The van der Waals surface area contributed by atoms with E-state index in [-0.39, 0.29) is 0 Å². The summed E-state index contributed by atoms with van der Waals surface area (Å²) in [6, 6.07) is 3.98. The minimum atomic E-state index is 0.843. The first-order valence-corrected chi connectivity index (χ1v) is 6.43. The van der Waals surface area contributed by atoms with Crippen LogP contribution in [0.1, 0.15) is 17.4 Å². The Morgan fingerprint density at radius 1 is 1.44 bits per heavy atom. The van der Waals surface area contributed by atoms with Crippen molar-refractivity contribution in [1.82, 2.24) is 15.1 Å². The molecule has 0 aliphatic heterocycles. The van der Waals surface area contributed by atoms with Gasteiger partial charge in [-0.1, -0.05) is 11.6 Å². The molecule has 0 aromatic carbocycles. The number of aromatic nitrogens is 2. The van der Waals surface area contributed by atoms with Crippen molar-refractivity contribution in [3.8, 4) is 0 Å². The third-order valence-electron chi connectivity index (χ3n) is 2.27. The number of hydrogen-bond donors (Lipinski definition) is 1. The van der Waals surface area contributed by atoms with E-state index in [1.807, 2.05) is 16.9 Å². The maximum atomic E-state index is 5.86. The fraction of sp³-hybridized carbons (Fsp3) is 0.364. The van der Waals surface area contributed by atoms with E-state index in [2.05, 4.69) is 29.6 Å². The molecule has 86 valence electrons. The Bertz CT molecular complexity index is 450. The summed E-state index contributed by atoms with van der Waals surface area (Å²) in [6.45, 7) is 4.70.